The van der Waals surface area contributed by atoms with Crippen molar-refractivity contribution >= 4 is 39.8 Å². The molecule has 0 spiro atoms. The highest BCUT2D eigenvalue weighted by molar-refractivity contribution is 14.0. The van der Waals surface area contributed by atoms with Gasteiger partial charge in [0, 0.05) is 24.3 Å². The Hall–Kier alpha value is -0.900. The number of sulfone groups is 1. The Labute approximate surface area is 166 Å². The number of hydrogen-bond donors (Lipinski definition) is 2. The minimum Gasteiger partial charge on any atom is -0.357 e. The lowest BCUT2D eigenvalue weighted by molar-refractivity contribution is 0.572. The summed E-state index contributed by atoms with van der Waals surface area (Å²) in [6, 6.07) is 6.85. The van der Waals surface area contributed by atoms with Crippen LogP contribution in [0.2, 0.25) is 0 Å². The van der Waals surface area contributed by atoms with Gasteiger partial charge >= 0.3 is 0 Å². The summed E-state index contributed by atoms with van der Waals surface area (Å²) in [7, 11) is -3.00. The van der Waals surface area contributed by atoms with Crippen LogP contribution >= 0.6 is 24.0 Å². The average molecular weight is 483 g/mol. The zero-order chi connectivity index (χ0) is 17.6. The smallest absolute Gasteiger partial charge is 0.191 e. The van der Waals surface area contributed by atoms with Crippen molar-refractivity contribution in [1.29, 1.82) is 0 Å². The van der Waals surface area contributed by atoms with E-state index in [1.807, 2.05) is 19.1 Å². The monoisotopic (exact) mass is 483 g/mol. The minimum absolute atomic E-state index is 0. The maximum Gasteiger partial charge on any atom is 0.191 e. The van der Waals surface area contributed by atoms with Gasteiger partial charge in [-0.3, -0.25) is 4.99 Å². The highest BCUT2D eigenvalue weighted by atomic mass is 127. The van der Waals surface area contributed by atoms with Crippen molar-refractivity contribution in [3.63, 3.8) is 0 Å². The van der Waals surface area contributed by atoms with E-state index in [1.165, 1.54) is 6.07 Å². The van der Waals surface area contributed by atoms with E-state index in [0.717, 1.165) is 18.4 Å². The summed E-state index contributed by atoms with van der Waals surface area (Å²) in [4.78, 5) is 4.54. The molecule has 8 heteroatoms. The first-order chi connectivity index (χ1) is 11.4. The van der Waals surface area contributed by atoms with Crippen LogP contribution in [0, 0.1) is 5.82 Å². The summed E-state index contributed by atoms with van der Waals surface area (Å²) in [5.74, 6) is 0.606. The molecule has 1 aliphatic carbocycles. The third-order valence-corrected chi connectivity index (χ3v) is 6.03. The van der Waals surface area contributed by atoms with Gasteiger partial charge in [-0.2, -0.15) is 0 Å². The number of nitrogens with zero attached hydrogens (tertiary/aromatic N) is 1. The molecule has 25 heavy (non-hydrogen) atoms. The quantitative estimate of drug-likeness (QED) is 0.339. The lowest BCUT2D eigenvalue weighted by Crippen LogP contribution is -2.40. The Morgan fingerprint density at radius 2 is 1.92 bits per heavy atom. The molecule has 0 amide bonds. The average Bonchev–Trinajstić information content (AvgIpc) is 3.34. The molecule has 0 radical (unpaired) electrons. The van der Waals surface area contributed by atoms with Gasteiger partial charge in [-0.15, -0.1) is 24.0 Å². The molecule has 5 nitrogen and oxygen atoms in total. The summed E-state index contributed by atoms with van der Waals surface area (Å²) in [5, 5.41) is 6.15. The van der Waals surface area contributed by atoms with Crippen LogP contribution in [0.1, 0.15) is 32.3 Å². The maximum atomic E-state index is 14.0. The van der Waals surface area contributed by atoms with Gasteiger partial charge in [0.15, 0.2) is 15.8 Å². The lowest BCUT2D eigenvalue weighted by atomic mass is 9.95. The fraction of sp³-hybridized carbons (Fsp3) is 0.588. The lowest BCUT2D eigenvalue weighted by Gasteiger charge is -2.16. The van der Waals surface area contributed by atoms with Crippen molar-refractivity contribution in [3.05, 3.63) is 35.6 Å². The van der Waals surface area contributed by atoms with Gasteiger partial charge in [0.2, 0.25) is 0 Å². The van der Waals surface area contributed by atoms with Crippen LogP contribution in [-0.2, 0) is 15.3 Å². The molecule has 2 rings (SSSR count). The normalized spacial score (nSPS) is 16.0. The van der Waals surface area contributed by atoms with Gasteiger partial charge in [0.05, 0.1) is 12.3 Å². The van der Waals surface area contributed by atoms with Crippen LogP contribution in [0.25, 0.3) is 0 Å². The molecular weight excluding hydrogens is 456 g/mol. The molecular formula is C17H27FIN3O2S. The fourth-order valence-corrected chi connectivity index (χ4v) is 3.30. The first-order valence-corrected chi connectivity index (χ1v) is 10.2. The molecule has 2 N–H and O–H groups in total. The maximum absolute atomic E-state index is 14.0. The van der Waals surface area contributed by atoms with E-state index in [9.17, 15) is 12.8 Å². The molecule has 1 aliphatic rings. The first-order valence-electron chi connectivity index (χ1n) is 8.40. The summed E-state index contributed by atoms with van der Waals surface area (Å²) in [6.45, 7) is 5.07. The molecule has 1 saturated carbocycles. The van der Waals surface area contributed by atoms with E-state index in [0.29, 0.717) is 25.6 Å². The molecule has 0 saturated heterocycles. The van der Waals surface area contributed by atoms with Crippen LogP contribution < -0.4 is 10.6 Å². The van der Waals surface area contributed by atoms with Crippen molar-refractivity contribution in [3.8, 4) is 0 Å². The SMILES string of the molecule is CCNC(=NCC1(c2ccccc2F)CC1)NCCS(=O)(=O)CC.I. The van der Waals surface area contributed by atoms with E-state index < -0.39 is 9.84 Å². The number of benzene rings is 1. The number of hydrogen-bond acceptors (Lipinski definition) is 3. The number of aliphatic imine (C=N–C) groups is 1. The molecule has 0 bridgehead atoms. The standard InChI is InChI=1S/C17H26FN3O2S.HI/c1-3-19-16(20-11-12-24(22,23)4-2)21-13-17(9-10-17)14-7-5-6-8-15(14)18;/h5-8H,3-4,9-13H2,1-2H3,(H2,19,20,21);1H. The van der Waals surface area contributed by atoms with Crippen molar-refractivity contribution < 1.29 is 12.8 Å². The summed E-state index contributed by atoms with van der Waals surface area (Å²) in [5.41, 5.74) is 0.501. The molecule has 1 fully saturated rings. The van der Waals surface area contributed by atoms with Crippen LogP contribution in [0.3, 0.4) is 0 Å². The van der Waals surface area contributed by atoms with Crippen LogP contribution in [0.5, 0.6) is 0 Å². The molecule has 0 atom stereocenters. The van der Waals surface area contributed by atoms with Gasteiger partial charge < -0.3 is 10.6 Å². The second kappa shape index (κ2) is 9.70. The van der Waals surface area contributed by atoms with E-state index >= 15 is 0 Å². The largest absolute Gasteiger partial charge is 0.357 e. The van der Waals surface area contributed by atoms with Gasteiger partial charge in [0.1, 0.15) is 5.82 Å². The molecule has 0 aromatic heterocycles. The van der Waals surface area contributed by atoms with Crippen molar-refractivity contribution in [2.75, 3.05) is 31.1 Å². The minimum atomic E-state index is -3.00. The Morgan fingerprint density at radius 3 is 2.48 bits per heavy atom. The van der Waals surface area contributed by atoms with E-state index in [4.69, 9.17) is 0 Å². The van der Waals surface area contributed by atoms with Crippen LogP contribution in [-0.4, -0.2) is 45.5 Å². The second-order valence-corrected chi connectivity index (χ2v) is 8.59. The number of nitrogens with one attached hydrogen (secondary N) is 2. The molecule has 0 aliphatic heterocycles. The van der Waals surface area contributed by atoms with E-state index in [1.54, 1.807) is 13.0 Å². The molecule has 0 unspecified atom stereocenters. The van der Waals surface area contributed by atoms with Gasteiger partial charge in [-0.05, 0) is 31.4 Å². The van der Waals surface area contributed by atoms with Crippen LogP contribution in [0.15, 0.2) is 29.3 Å². The zero-order valence-electron chi connectivity index (χ0n) is 14.7. The molecule has 1 aromatic carbocycles. The number of rotatable bonds is 8. The predicted molar refractivity (Wildman–Crippen MR) is 111 cm³/mol. The van der Waals surface area contributed by atoms with Gasteiger partial charge in [-0.1, -0.05) is 25.1 Å². The van der Waals surface area contributed by atoms with Gasteiger partial charge in [-0.25, -0.2) is 12.8 Å². The fourth-order valence-electron chi connectivity index (χ4n) is 2.60. The Bertz CT molecular complexity index is 691. The molecule has 0 heterocycles. The van der Waals surface area contributed by atoms with Crippen molar-refractivity contribution in [2.45, 2.75) is 32.1 Å². The highest BCUT2D eigenvalue weighted by Gasteiger charge is 2.45. The topological polar surface area (TPSA) is 70.6 Å². The Balaban J connectivity index is 0.00000312. The predicted octanol–water partition coefficient (Wildman–Crippen LogP) is 2.47. The third-order valence-electron chi connectivity index (χ3n) is 4.33. The van der Waals surface area contributed by atoms with Crippen molar-refractivity contribution in [1.82, 2.24) is 10.6 Å². The summed E-state index contributed by atoms with van der Waals surface area (Å²) < 4.78 is 37.1. The van der Waals surface area contributed by atoms with E-state index in [-0.39, 0.29) is 46.7 Å². The van der Waals surface area contributed by atoms with Crippen molar-refractivity contribution in [2.24, 2.45) is 4.99 Å². The number of halogens is 2. The Kier molecular flexibility index (Phi) is 8.59. The van der Waals surface area contributed by atoms with Crippen LogP contribution in [0.4, 0.5) is 4.39 Å². The molecule has 142 valence electrons. The molecule has 1 aromatic rings. The number of guanidine groups is 1. The third kappa shape index (κ3) is 6.40. The summed E-state index contributed by atoms with van der Waals surface area (Å²) >= 11 is 0. The zero-order valence-corrected chi connectivity index (χ0v) is 17.9. The van der Waals surface area contributed by atoms with Gasteiger partial charge in [0.25, 0.3) is 0 Å². The first kappa shape index (κ1) is 22.1. The Morgan fingerprint density at radius 1 is 1.24 bits per heavy atom. The summed E-state index contributed by atoms with van der Waals surface area (Å²) in [6.07, 6.45) is 1.84. The highest BCUT2D eigenvalue weighted by Crippen LogP contribution is 2.49. The second-order valence-electron chi connectivity index (χ2n) is 6.12. The van der Waals surface area contributed by atoms with E-state index in [2.05, 4.69) is 15.6 Å².